The standard InChI is InChI=1S/C27H21BrClN3O7S/c1-2-38-22-11-17(19(28)13-23(22)39-15-16-6-5-7-18(10-16)32(36)37)12-24-26(34)31(27(35)40-24)14-25(33)30-21-9-4-3-8-20(21)29/h3-13H,2,14-15H2,1H3,(H,30,33)/b24-12+. The Morgan fingerprint density at radius 3 is 2.60 bits per heavy atom. The maximum Gasteiger partial charge on any atom is 0.294 e. The highest BCUT2D eigenvalue weighted by molar-refractivity contribution is 9.10. The Morgan fingerprint density at radius 1 is 1.12 bits per heavy atom. The van der Waals surface area contributed by atoms with Gasteiger partial charge in [-0.05, 0) is 60.2 Å². The lowest BCUT2D eigenvalue weighted by Crippen LogP contribution is -2.36. The first-order valence-corrected chi connectivity index (χ1v) is 13.8. The number of anilines is 1. The van der Waals surface area contributed by atoms with Gasteiger partial charge in [0.25, 0.3) is 16.8 Å². The number of hydrogen-bond acceptors (Lipinski definition) is 8. The summed E-state index contributed by atoms with van der Waals surface area (Å²) in [5, 5.41) is 13.4. The van der Waals surface area contributed by atoms with Crippen molar-refractivity contribution in [2.75, 3.05) is 18.5 Å². The Morgan fingerprint density at radius 2 is 1.88 bits per heavy atom. The Labute approximate surface area is 246 Å². The van der Waals surface area contributed by atoms with Crippen molar-refractivity contribution in [1.82, 2.24) is 4.90 Å². The van der Waals surface area contributed by atoms with Crippen LogP contribution in [0.25, 0.3) is 6.08 Å². The highest BCUT2D eigenvalue weighted by Gasteiger charge is 2.36. The van der Waals surface area contributed by atoms with Crippen molar-refractivity contribution in [1.29, 1.82) is 0 Å². The topological polar surface area (TPSA) is 128 Å². The molecule has 3 amide bonds. The average Bonchev–Trinajstić information content (AvgIpc) is 3.18. The number of para-hydroxylation sites is 1. The molecule has 3 aromatic rings. The fourth-order valence-electron chi connectivity index (χ4n) is 3.64. The Bertz CT molecular complexity index is 1530. The first kappa shape index (κ1) is 29.1. The number of ether oxygens (including phenoxy) is 2. The Kier molecular flexibility index (Phi) is 9.46. The van der Waals surface area contributed by atoms with Gasteiger partial charge in [0, 0.05) is 16.6 Å². The van der Waals surface area contributed by atoms with Crippen molar-refractivity contribution in [3.8, 4) is 11.5 Å². The molecule has 40 heavy (non-hydrogen) atoms. The quantitative estimate of drug-likeness (QED) is 0.147. The van der Waals surface area contributed by atoms with Crippen LogP contribution in [0.2, 0.25) is 5.02 Å². The van der Waals surface area contributed by atoms with E-state index >= 15 is 0 Å². The van der Waals surface area contributed by atoms with E-state index in [-0.39, 0.29) is 17.2 Å². The predicted octanol–water partition coefficient (Wildman–Crippen LogP) is 6.66. The molecule has 1 fully saturated rings. The fraction of sp³-hybridized carbons (Fsp3) is 0.148. The molecule has 3 aromatic carbocycles. The van der Waals surface area contributed by atoms with Crippen molar-refractivity contribution in [2.24, 2.45) is 0 Å². The number of nitrogens with zero attached hydrogens (tertiary/aromatic N) is 2. The molecule has 0 radical (unpaired) electrons. The lowest BCUT2D eigenvalue weighted by molar-refractivity contribution is -0.384. The number of benzene rings is 3. The maximum absolute atomic E-state index is 13.0. The zero-order valence-electron chi connectivity index (χ0n) is 20.9. The monoisotopic (exact) mass is 645 g/mol. The van der Waals surface area contributed by atoms with E-state index in [0.717, 1.165) is 4.90 Å². The molecular formula is C27H21BrClN3O7S. The van der Waals surface area contributed by atoms with Gasteiger partial charge in [-0.15, -0.1) is 0 Å². The molecule has 0 saturated carbocycles. The molecule has 206 valence electrons. The van der Waals surface area contributed by atoms with E-state index in [1.54, 1.807) is 55.5 Å². The number of non-ortho nitro benzene ring substituents is 1. The number of amides is 3. The molecule has 0 spiro atoms. The number of imide groups is 1. The largest absolute Gasteiger partial charge is 0.490 e. The molecule has 0 unspecified atom stereocenters. The van der Waals surface area contributed by atoms with Crippen LogP contribution in [-0.2, 0) is 16.2 Å². The van der Waals surface area contributed by atoms with Gasteiger partial charge in [0.2, 0.25) is 5.91 Å². The van der Waals surface area contributed by atoms with Crippen molar-refractivity contribution < 1.29 is 28.8 Å². The van der Waals surface area contributed by atoms with Gasteiger partial charge in [-0.25, -0.2) is 0 Å². The number of nitro benzene ring substituents is 1. The molecule has 4 rings (SSSR count). The lowest BCUT2D eigenvalue weighted by Gasteiger charge is -2.14. The summed E-state index contributed by atoms with van der Waals surface area (Å²) >= 11 is 10.2. The predicted molar refractivity (Wildman–Crippen MR) is 155 cm³/mol. The van der Waals surface area contributed by atoms with Gasteiger partial charge in [0.05, 0.1) is 27.1 Å². The van der Waals surface area contributed by atoms with E-state index < -0.39 is 28.5 Å². The summed E-state index contributed by atoms with van der Waals surface area (Å²) in [5.41, 5.74) is 1.47. The lowest BCUT2D eigenvalue weighted by atomic mass is 10.1. The zero-order chi connectivity index (χ0) is 28.8. The van der Waals surface area contributed by atoms with Crippen LogP contribution in [0.1, 0.15) is 18.1 Å². The van der Waals surface area contributed by atoms with E-state index in [9.17, 15) is 24.5 Å². The van der Waals surface area contributed by atoms with Gasteiger partial charge in [-0.3, -0.25) is 29.4 Å². The normalized spacial score (nSPS) is 14.0. The van der Waals surface area contributed by atoms with Crippen molar-refractivity contribution >= 4 is 73.8 Å². The van der Waals surface area contributed by atoms with Gasteiger partial charge in [-0.1, -0.05) is 51.8 Å². The van der Waals surface area contributed by atoms with E-state index in [1.165, 1.54) is 18.2 Å². The first-order chi connectivity index (χ1) is 19.2. The summed E-state index contributed by atoms with van der Waals surface area (Å²) in [6, 6.07) is 16.0. The number of thioether (sulfide) groups is 1. The second kappa shape index (κ2) is 13.0. The SMILES string of the molecule is CCOc1cc(/C=C2/SC(=O)N(CC(=O)Nc3ccccc3Cl)C2=O)c(Br)cc1OCc1cccc([N+](=O)[O-])c1. The van der Waals surface area contributed by atoms with E-state index in [2.05, 4.69) is 21.2 Å². The number of nitro groups is 1. The minimum absolute atomic E-state index is 0.0436. The molecular weight excluding hydrogens is 626 g/mol. The van der Waals surface area contributed by atoms with Crippen LogP contribution in [0.3, 0.4) is 0 Å². The fourth-order valence-corrected chi connectivity index (χ4v) is 5.09. The van der Waals surface area contributed by atoms with Gasteiger partial charge >= 0.3 is 0 Å². The zero-order valence-corrected chi connectivity index (χ0v) is 24.0. The Hall–Kier alpha value is -3.87. The number of carbonyl (C=O) groups excluding carboxylic acids is 3. The molecule has 1 heterocycles. The summed E-state index contributed by atoms with van der Waals surface area (Å²) in [7, 11) is 0. The number of carbonyl (C=O) groups is 3. The third-order valence-electron chi connectivity index (χ3n) is 5.49. The van der Waals surface area contributed by atoms with E-state index in [0.29, 0.717) is 56.2 Å². The molecule has 1 aliphatic heterocycles. The van der Waals surface area contributed by atoms with Crippen LogP contribution >= 0.6 is 39.3 Å². The van der Waals surface area contributed by atoms with Crippen LogP contribution in [0, 0.1) is 10.1 Å². The van der Waals surface area contributed by atoms with E-state index in [4.69, 9.17) is 21.1 Å². The van der Waals surface area contributed by atoms with Crippen LogP contribution in [0.15, 0.2) is 70.0 Å². The highest BCUT2D eigenvalue weighted by Crippen LogP contribution is 2.38. The number of halogens is 2. The van der Waals surface area contributed by atoms with E-state index in [1.807, 2.05) is 0 Å². The molecule has 10 nitrogen and oxygen atoms in total. The van der Waals surface area contributed by atoms with Crippen LogP contribution < -0.4 is 14.8 Å². The summed E-state index contributed by atoms with van der Waals surface area (Å²) in [6.07, 6.45) is 1.52. The minimum Gasteiger partial charge on any atom is -0.490 e. The van der Waals surface area contributed by atoms with Crippen LogP contribution in [0.4, 0.5) is 16.2 Å². The molecule has 1 saturated heterocycles. The van der Waals surface area contributed by atoms with Crippen molar-refractivity contribution in [2.45, 2.75) is 13.5 Å². The summed E-state index contributed by atoms with van der Waals surface area (Å²) in [5.74, 6) is -0.427. The van der Waals surface area contributed by atoms with Crippen LogP contribution in [-0.4, -0.2) is 40.0 Å². The molecule has 1 aliphatic rings. The molecule has 0 aliphatic carbocycles. The summed E-state index contributed by atoms with van der Waals surface area (Å²) in [4.78, 5) is 49.6. The maximum atomic E-state index is 13.0. The molecule has 0 aromatic heterocycles. The number of nitrogens with one attached hydrogen (secondary N) is 1. The molecule has 0 bridgehead atoms. The third kappa shape index (κ3) is 7.00. The average molecular weight is 647 g/mol. The van der Waals surface area contributed by atoms with Crippen molar-refractivity contribution in [3.63, 3.8) is 0 Å². The van der Waals surface area contributed by atoms with Gasteiger partial charge in [0.15, 0.2) is 11.5 Å². The summed E-state index contributed by atoms with van der Waals surface area (Å²) < 4.78 is 12.2. The third-order valence-corrected chi connectivity index (χ3v) is 7.41. The smallest absolute Gasteiger partial charge is 0.294 e. The number of rotatable bonds is 10. The second-order valence-electron chi connectivity index (χ2n) is 8.27. The Balaban J connectivity index is 1.50. The van der Waals surface area contributed by atoms with Gasteiger partial charge in [-0.2, -0.15) is 0 Å². The van der Waals surface area contributed by atoms with Crippen LogP contribution in [0.5, 0.6) is 11.5 Å². The second-order valence-corrected chi connectivity index (χ2v) is 10.5. The molecule has 1 N–H and O–H groups in total. The first-order valence-electron chi connectivity index (χ1n) is 11.8. The highest BCUT2D eigenvalue weighted by atomic mass is 79.9. The molecule has 13 heteroatoms. The van der Waals surface area contributed by atoms with Crippen molar-refractivity contribution in [3.05, 3.63) is 96.3 Å². The number of hydrogen-bond donors (Lipinski definition) is 1. The molecule has 0 atom stereocenters. The summed E-state index contributed by atoms with van der Waals surface area (Å²) in [6.45, 7) is 1.71. The van der Waals surface area contributed by atoms with Gasteiger partial charge in [0.1, 0.15) is 13.2 Å². The minimum atomic E-state index is -0.611. The van der Waals surface area contributed by atoms with Gasteiger partial charge < -0.3 is 14.8 Å².